The quantitative estimate of drug-likeness (QED) is 0.682. The second-order valence-corrected chi connectivity index (χ2v) is 10.4. The van der Waals surface area contributed by atoms with Crippen LogP contribution in [0, 0.1) is 13.8 Å². The molecular formula is C21H28N4O6S. The van der Waals surface area contributed by atoms with E-state index in [4.69, 9.17) is 14.0 Å². The van der Waals surface area contributed by atoms with Crippen LogP contribution in [0.25, 0.3) is 0 Å². The highest BCUT2D eigenvalue weighted by molar-refractivity contribution is 7.89. The molecule has 2 aliphatic rings. The van der Waals surface area contributed by atoms with Crippen LogP contribution in [0.2, 0.25) is 0 Å². The second-order valence-electron chi connectivity index (χ2n) is 8.48. The van der Waals surface area contributed by atoms with Crippen molar-refractivity contribution in [2.75, 3.05) is 39.5 Å². The Bertz CT molecular complexity index is 1100. The van der Waals surface area contributed by atoms with Gasteiger partial charge in [-0.05, 0) is 45.4 Å². The molecule has 1 amide bonds. The maximum atomic E-state index is 13.0. The summed E-state index contributed by atoms with van der Waals surface area (Å²) in [4.78, 5) is 14.6. The molecule has 4 rings (SSSR count). The lowest BCUT2D eigenvalue weighted by atomic mass is 9.94. The fourth-order valence-electron chi connectivity index (χ4n) is 3.95. The fraction of sp³-hybridized carbons (Fsp3) is 0.524. The van der Waals surface area contributed by atoms with Crippen molar-refractivity contribution in [1.82, 2.24) is 19.7 Å². The van der Waals surface area contributed by atoms with Gasteiger partial charge in [0.1, 0.15) is 10.6 Å². The van der Waals surface area contributed by atoms with Gasteiger partial charge < -0.3 is 18.9 Å². The van der Waals surface area contributed by atoms with Crippen molar-refractivity contribution in [3.8, 4) is 11.5 Å². The van der Waals surface area contributed by atoms with Crippen LogP contribution < -0.4 is 14.8 Å². The van der Waals surface area contributed by atoms with Crippen LogP contribution in [0.4, 0.5) is 0 Å². The number of hydrogen-bond donors (Lipinski definition) is 1. The van der Waals surface area contributed by atoms with Gasteiger partial charge in [0.2, 0.25) is 22.7 Å². The van der Waals surface area contributed by atoms with E-state index < -0.39 is 15.6 Å². The molecule has 11 heteroatoms. The highest BCUT2D eigenvalue weighted by Crippen LogP contribution is 2.35. The van der Waals surface area contributed by atoms with Crippen molar-refractivity contribution in [3.05, 3.63) is 35.2 Å². The molecule has 0 bridgehead atoms. The van der Waals surface area contributed by atoms with E-state index in [2.05, 4.69) is 10.5 Å². The van der Waals surface area contributed by atoms with E-state index >= 15 is 0 Å². The van der Waals surface area contributed by atoms with Crippen molar-refractivity contribution in [3.63, 3.8) is 0 Å². The number of hydrogen-bond acceptors (Lipinski definition) is 8. The average Bonchev–Trinajstić information content (AvgIpc) is 3.37. The molecule has 0 atom stereocenters. The Hall–Kier alpha value is -2.63. The SMILES string of the molecule is Cc1noc(C)c1S(=O)(=O)N1CCN(C(=O)CNC(C)(C)c2ccc3c(c2)OCO3)CC1. The second kappa shape index (κ2) is 8.38. The van der Waals surface area contributed by atoms with E-state index in [9.17, 15) is 13.2 Å². The Morgan fingerprint density at radius 2 is 1.81 bits per heavy atom. The molecule has 1 fully saturated rings. The van der Waals surface area contributed by atoms with E-state index in [-0.39, 0.29) is 43.0 Å². The number of aryl methyl sites for hydroxylation is 2. The predicted molar refractivity (Wildman–Crippen MR) is 115 cm³/mol. The molecule has 1 N–H and O–H groups in total. The summed E-state index contributed by atoms with van der Waals surface area (Å²) in [5.74, 6) is 1.61. The van der Waals surface area contributed by atoms with Crippen LogP contribution in [-0.4, -0.2) is 68.2 Å². The molecule has 0 saturated carbocycles. The highest BCUT2D eigenvalue weighted by Gasteiger charge is 2.34. The number of nitrogens with one attached hydrogen (secondary N) is 1. The van der Waals surface area contributed by atoms with Crippen LogP contribution in [0.5, 0.6) is 11.5 Å². The Balaban J connectivity index is 1.34. The first-order valence-electron chi connectivity index (χ1n) is 10.5. The number of amides is 1. The lowest BCUT2D eigenvalue weighted by molar-refractivity contribution is -0.131. The van der Waals surface area contributed by atoms with Crippen molar-refractivity contribution in [2.45, 2.75) is 38.1 Å². The summed E-state index contributed by atoms with van der Waals surface area (Å²) in [7, 11) is -3.70. The number of ether oxygens (including phenoxy) is 2. The third-order valence-electron chi connectivity index (χ3n) is 5.93. The van der Waals surface area contributed by atoms with Crippen molar-refractivity contribution < 1.29 is 27.2 Å². The third kappa shape index (κ3) is 4.19. The largest absolute Gasteiger partial charge is 0.454 e. The molecule has 0 unspecified atom stereocenters. The van der Waals surface area contributed by atoms with E-state index in [0.717, 1.165) is 5.56 Å². The summed E-state index contributed by atoms with van der Waals surface area (Å²) in [6.07, 6.45) is 0. The highest BCUT2D eigenvalue weighted by atomic mass is 32.2. The predicted octanol–water partition coefficient (Wildman–Crippen LogP) is 1.38. The van der Waals surface area contributed by atoms with Gasteiger partial charge in [0.25, 0.3) is 0 Å². The molecule has 1 saturated heterocycles. The molecule has 1 aromatic heterocycles. The molecule has 1 aromatic carbocycles. The first-order chi connectivity index (χ1) is 15.1. The molecular weight excluding hydrogens is 436 g/mol. The van der Waals surface area contributed by atoms with Crippen LogP contribution in [0.3, 0.4) is 0 Å². The smallest absolute Gasteiger partial charge is 0.248 e. The van der Waals surface area contributed by atoms with Gasteiger partial charge in [-0.3, -0.25) is 10.1 Å². The lowest BCUT2D eigenvalue weighted by Gasteiger charge is -2.35. The standard InChI is InChI=1S/C21H28N4O6S/c1-14-20(15(2)31-23-14)32(27,28)25-9-7-24(8-10-25)19(26)12-22-21(3,4)16-5-6-17-18(11-16)30-13-29-17/h5-6,11,22H,7-10,12-13H2,1-4H3. The number of sulfonamides is 1. The van der Waals surface area contributed by atoms with Gasteiger partial charge in [0.05, 0.1) is 6.54 Å². The van der Waals surface area contributed by atoms with Crippen LogP contribution in [0.15, 0.2) is 27.6 Å². The topological polar surface area (TPSA) is 114 Å². The zero-order valence-electron chi connectivity index (χ0n) is 18.7. The van der Waals surface area contributed by atoms with Gasteiger partial charge in [0.15, 0.2) is 17.3 Å². The minimum absolute atomic E-state index is 0.0757. The number of carbonyl (C=O) groups excluding carboxylic acids is 1. The van der Waals surface area contributed by atoms with Crippen LogP contribution in [-0.2, 0) is 20.4 Å². The zero-order valence-corrected chi connectivity index (χ0v) is 19.5. The average molecular weight is 465 g/mol. The Labute approximate surface area is 187 Å². The molecule has 2 aromatic rings. The maximum absolute atomic E-state index is 13.0. The Morgan fingerprint density at radius 1 is 1.12 bits per heavy atom. The third-order valence-corrected chi connectivity index (χ3v) is 8.08. The normalized spacial score (nSPS) is 17.1. The van der Waals surface area contributed by atoms with Gasteiger partial charge in [-0.2, -0.15) is 4.31 Å². The lowest BCUT2D eigenvalue weighted by Crippen LogP contribution is -2.53. The van der Waals surface area contributed by atoms with Gasteiger partial charge in [-0.25, -0.2) is 8.42 Å². The number of aromatic nitrogens is 1. The molecule has 174 valence electrons. The summed E-state index contributed by atoms with van der Waals surface area (Å²) >= 11 is 0. The first kappa shape index (κ1) is 22.6. The van der Waals surface area contributed by atoms with Gasteiger partial charge >= 0.3 is 0 Å². The molecule has 3 heterocycles. The number of rotatable bonds is 6. The monoisotopic (exact) mass is 464 g/mol. The molecule has 2 aliphatic heterocycles. The number of piperazine rings is 1. The molecule has 0 aliphatic carbocycles. The number of nitrogens with zero attached hydrogens (tertiary/aromatic N) is 3. The molecule has 0 spiro atoms. The van der Waals surface area contributed by atoms with Gasteiger partial charge in [0, 0.05) is 31.7 Å². The summed E-state index contributed by atoms with van der Waals surface area (Å²) in [6.45, 7) is 8.63. The van der Waals surface area contributed by atoms with E-state index in [0.29, 0.717) is 30.3 Å². The van der Waals surface area contributed by atoms with Crippen LogP contribution >= 0.6 is 0 Å². The minimum Gasteiger partial charge on any atom is -0.454 e. The summed E-state index contributed by atoms with van der Waals surface area (Å²) in [5, 5.41) is 7.05. The first-order valence-corrected chi connectivity index (χ1v) is 11.9. The summed E-state index contributed by atoms with van der Waals surface area (Å²) in [6, 6.07) is 5.73. The van der Waals surface area contributed by atoms with E-state index in [1.54, 1.807) is 18.7 Å². The van der Waals surface area contributed by atoms with Crippen molar-refractivity contribution in [1.29, 1.82) is 0 Å². The number of carbonyl (C=O) groups is 1. The maximum Gasteiger partial charge on any atom is 0.248 e. The Kier molecular flexibility index (Phi) is 5.91. The summed E-state index contributed by atoms with van der Waals surface area (Å²) < 4.78 is 43.1. The van der Waals surface area contributed by atoms with Gasteiger partial charge in [-0.1, -0.05) is 11.2 Å². The van der Waals surface area contributed by atoms with Crippen molar-refractivity contribution >= 4 is 15.9 Å². The minimum atomic E-state index is -3.70. The Morgan fingerprint density at radius 3 is 2.47 bits per heavy atom. The number of benzene rings is 1. The summed E-state index contributed by atoms with van der Waals surface area (Å²) in [5.41, 5.74) is 0.853. The molecule has 32 heavy (non-hydrogen) atoms. The van der Waals surface area contributed by atoms with E-state index in [1.165, 1.54) is 4.31 Å². The van der Waals surface area contributed by atoms with Crippen molar-refractivity contribution in [2.24, 2.45) is 0 Å². The van der Waals surface area contributed by atoms with Crippen LogP contribution in [0.1, 0.15) is 30.9 Å². The van der Waals surface area contributed by atoms with E-state index in [1.807, 2.05) is 32.0 Å². The molecule has 0 radical (unpaired) electrons. The fourth-order valence-corrected chi connectivity index (χ4v) is 5.66. The van der Waals surface area contributed by atoms with Gasteiger partial charge in [-0.15, -0.1) is 0 Å². The number of fused-ring (bicyclic) bond motifs is 1. The molecule has 10 nitrogen and oxygen atoms in total. The zero-order chi connectivity index (χ0) is 23.1.